The number of likely N-dealkylation sites (tertiary alicyclic amines) is 1. The van der Waals surface area contributed by atoms with Crippen LogP contribution < -0.4 is 21.3 Å². The first-order valence-corrected chi connectivity index (χ1v) is 16.5. The van der Waals surface area contributed by atoms with Crippen LogP contribution >= 0.6 is 0 Å². The van der Waals surface area contributed by atoms with Crippen molar-refractivity contribution in [3.05, 3.63) is 12.7 Å². The molecule has 2 rings (SSSR count). The third kappa shape index (κ3) is 14.9. The molecule has 252 valence electrons. The second-order valence-corrected chi connectivity index (χ2v) is 11.1. The first-order chi connectivity index (χ1) is 21.0. The Kier molecular flexibility index (Phi) is 24.3. The zero-order chi connectivity index (χ0) is 34.1. The lowest BCUT2D eigenvalue weighted by Gasteiger charge is -2.42. The number of terminal acetylenes is 1. The number of rotatable bonds is 11. The smallest absolute Gasteiger partial charge is 0.315 e. The Bertz CT molecular complexity index is 922. The molecule has 10 nitrogen and oxygen atoms in total. The Morgan fingerprint density at radius 2 is 1.57 bits per heavy atom. The van der Waals surface area contributed by atoms with E-state index in [-0.39, 0.29) is 25.3 Å². The van der Waals surface area contributed by atoms with Gasteiger partial charge in [-0.05, 0) is 37.5 Å². The molecule has 0 radical (unpaired) electrons. The van der Waals surface area contributed by atoms with Crippen LogP contribution in [0.5, 0.6) is 0 Å². The van der Waals surface area contributed by atoms with E-state index in [1.807, 2.05) is 20.8 Å². The Balaban J connectivity index is 0. The second-order valence-electron chi connectivity index (χ2n) is 11.1. The van der Waals surface area contributed by atoms with Crippen LogP contribution in [-0.4, -0.2) is 72.7 Å². The average molecular weight is 620 g/mol. The van der Waals surface area contributed by atoms with Gasteiger partial charge in [0.15, 0.2) is 0 Å². The number of amides is 5. The Morgan fingerprint density at radius 3 is 2.07 bits per heavy atom. The Morgan fingerprint density at radius 1 is 1.00 bits per heavy atom. The molecule has 10 heteroatoms. The molecule has 1 saturated heterocycles. The number of hydrogen-bond donors (Lipinski definition) is 4. The maximum absolute atomic E-state index is 13.8. The minimum atomic E-state index is -1.11. The van der Waals surface area contributed by atoms with Crippen LogP contribution in [0.4, 0.5) is 4.79 Å². The zero-order valence-electron chi connectivity index (χ0n) is 28.8. The van der Waals surface area contributed by atoms with Crippen molar-refractivity contribution in [2.24, 2.45) is 5.41 Å². The number of carbonyl (C=O) groups excluding carboxylic acids is 5. The third-order valence-electron chi connectivity index (χ3n) is 7.12. The van der Waals surface area contributed by atoms with E-state index in [1.54, 1.807) is 0 Å². The van der Waals surface area contributed by atoms with Gasteiger partial charge in [-0.2, -0.15) is 0 Å². The highest BCUT2D eigenvalue weighted by Crippen LogP contribution is 2.40. The molecule has 2 aliphatic rings. The molecule has 0 aromatic carbocycles. The summed E-state index contributed by atoms with van der Waals surface area (Å²) in [6.07, 6.45) is 15.2. The molecule has 1 aliphatic heterocycles. The van der Waals surface area contributed by atoms with Gasteiger partial charge in [0, 0.05) is 26.6 Å². The Labute approximate surface area is 267 Å². The summed E-state index contributed by atoms with van der Waals surface area (Å²) in [5.74, 6) is -0.0382. The third-order valence-corrected chi connectivity index (χ3v) is 7.12. The first kappa shape index (κ1) is 42.8. The van der Waals surface area contributed by atoms with Gasteiger partial charge < -0.3 is 26.2 Å². The molecule has 5 amide bonds. The largest absolute Gasteiger partial charge is 0.346 e. The van der Waals surface area contributed by atoms with Crippen LogP contribution in [-0.2, 0) is 19.2 Å². The van der Waals surface area contributed by atoms with E-state index in [2.05, 4.69) is 61.5 Å². The van der Waals surface area contributed by atoms with Gasteiger partial charge in [-0.3, -0.25) is 19.2 Å². The molecular formula is C34H61N5O5. The lowest BCUT2D eigenvalue weighted by molar-refractivity contribution is -0.144. The summed E-state index contributed by atoms with van der Waals surface area (Å²) in [5.41, 5.74) is -0.431. The predicted molar refractivity (Wildman–Crippen MR) is 179 cm³/mol. The van der Waals surface area contributed by atoms with Gasteiger partial charge in [0.05, 0.1) is 6.04 Å². The standard InChI is InChI=1S/C26H39N5O5.2C3H8.C2H6/c1-5-7-12-18(20(32)23(34)28-16-6-2)29-22(33)19-13-11-17-31(19)24(35)21(30-25(36)27-4)26(3)14-9-8-10-15-26;2*1-3-2;1-2/h1,6,18-19,21H,2,7-17H2,3-4H3,(H,28,34)(H,29,33)(H2,27,30,36);2*3H2,1-2H3;1-2H3. The molecule has 3 unspecified atom stereocenters. The van der Waals surface area contributed by atoms with E-state index in [0.29, 0.717) is 19.4 Å². The van der Waals surface area contributed by atoms with Crippen LogP contribution in [0.2, 0.25) is 0 Å². The van der Waals surface area contributed by atoms with Gasteiger partial charge >= 0.3 is 6.03 Å². The lowest BCUT2D eigenvalue weighted by atomic mass is 9.70. The molecule has 0 aromatic rings. The number of nitrogens with zero attached hydrogens (tertiary/aromatic N) is 1. The summed E-state index contributed by atoms with van der Waals surface area (Å²) in [5, 5.41) is 10.4. The SMILES string of the molecule is C#CCCC(NC(=O)C1CCCN1C(=O)C(NC(=O)NC)C1(C)CCCCC1)C(=O)C(=O)NCC=C.CC.CCC.CCC. The monoisotopic (exact) mass is 619 g/mol. The van der Waals surface area contributed by atoms with Gasteiger partial charge in [0.1, 0.15) is 12.1 Å². The van der Waals surface area contributed by atoms with Gasteiger partial charge in [0.25, 0.3) is 5.91 Å². The summed E-state index contributed by atoms with van der Waals surface area (Å²) >= 11 is 0. The van der Waals surface area contributed by atoms with Crippen LogP contribution in [0.15, 0.2) is 12.7 Å². The van der Waals surface area contributed by atoms with Crippen LogP contribution in [0.3, 0.4) is 0 Å². The Hall–Kier alpha value is -3.35. The highest BCUT2D eigenvalue weighted by Gasteiger charge is 2.46. The maximum atomic E-state index is 13.8. The van der Waals surface area contributed by atoms with Crippen molar-refractivity contribution in [2.75, 3.05) is 20.1 Å². The topological polar surface area (TPSA) is 137 Å². The normalized spacial score (nSPS) is 17.5. The second kappa shape index (κ2) is 25.0. The summed E-state index contributed by atoms with van der Waals surface area (Å²) in [4.78, 5) is 65.6. The fraction of sp³-hybridized carbons (Fsp3) is 0.735. The van der Waals surface area contributed by atoms with Crippen molar-refractivity contribution in [1.82, 2.24) is 26.2 Å². The van der Waals surface area contributed by atoms with Crippen molar-refractivity contribution in [3.8, 4) is 12.3 Å². The van der Waals surface area contributed by atoms with Crippen molar-refractivity contribution in [1.29, 1.82) is 0 Å². The van der Waals surface area contributed by atoms with Crippen molar-refractivity contribution in [3.63, 3.8) is 0 Å². The number of nitrogens with one attached hydrogen (secondary N) is 4. The highest BCUT2D eigenvalue weighted by molar-refractivity contribution is 6.38. The van der Waals surface area contributed by atoms with E-state index in [1.165, 1.54) is 30.9 Å². The number of Topliss-reactive ketones (excluding diaryl/α,β-unsaturated/α-hetero) is 1. The van der Waals surface area contributed by atoms with E-state index >= 15 is 0 Å². The van der Waals surface area contributed by atoms with Gasteiger partial charge in [-0.25, -0.2) is 4.79 Å². The lowest BCUT2D eigenvalue weighted by Crippen LogP contribution is -2.61. The molecule has 1 aliphatic carbocycles. The maximum Gasteiger partial charge on any atom is 0.315 e. The fourth-order valence-electron chi connectivity index (χ4n) is 5.03. The number of hydrogen-bond acceptors (Lipinski definition) is 5. The summed E-state index contributed by atoms with van der Waals surface area (Å²) in [7, 11) is 1.49. The molecule has 3 atom stereocenters. The van der Waals surface area contributed by atoms with Gasteiger partial charge in [-0.15, -0.1) is 18.9 Å². The molecule has 4 N–H and O–H groups in total. The van der Waals surface area contributed by atoms with Crippen molar-refractivity contribution < 1.29 is 24.0 Å². The van der Waals surface area contributed by atoms with Crippen molar-refractivity contribution >= 4 is 29.5 Å². The van der Waals surface area contributed by atoms with Crippen LogP contribution in [0.25, 0.3) is 0 Å². The van der Waals surface area contributed by atoms with E-state index in [4.69, 9.17) is 6.42 Å². The molecule has 0 bridgehead atoms. The summed E-state index contributed by atoms with van der Waals surface area (Å²) in [6.45, 7) is 18.5. The van der Waals surface area contributed by atoms with E-state index in [9.17, 15) is 24.0 Å². The van der Waals surface area contributed by atoms with E-state index in [0.717, 1.165) is 32.1 Å². The molecule has 1 heterocycles. The van der Waals surface area contributed by atoms with Crippen LogP contribution in [0.1, 0.15) is 119 Å². The van der Waals surface area contributed by atoms with E-state index < -0.39 is 47.2 Å². The first-order valence-electron chi connectivity index (χ1n) is 16.5. The predicted octanol–water partition coefficient (Wildman–Crippen LogP) is 4.87. The minimum absolute atomic E-state index is 0.0994. The highest BCUT2D eigenvalue weighted by atomic mass is 16.2. The molecule has 0 aromatic heterocycles. The minimum Gasteiger partial charge on any atom is -0.346 e. The molecule has 0 spiro atoms. The summed E-state index contributed by atoms with van der Waals surface area (Å²) in [6, 6.07) is -3.15. The van der Waals surface area contributed by atoms with Crippen LogP contribution in [0, 0.1) is 17.8 Å². The fourth-order valence-corrected chi connectivity index (χ4v) is 5.03. The van der Waals surface area contributed by atoms with Gasteiger partial charge in [-0.1, -0.05) is 86.6 Å². The average Bonchev–Trinajstić information content (AvgIpc) is 3.52. The number of carbonyl (C=O) groups is 5. The number of ketones is 1. The molecule has 44 heavy (non-hydrogen) atoms. The zero-order valence-corrected chi connectivity index (χ0v) is 28.8. The molecule has 2 fully saturated rings. The van der Waals surface area contributed by atoms with Crippen molar-refractivity contribution in [2.45, 2.75) is 137 Å². The number of urea groups is 1. The quantitative estimate of drug-likeness (QED) is 0.149. The van der Waals surface area contributed by atoms with Gasteiger partial charge in [0.2, 0.25) is 17.6 Å². The molecular weight excluding hydrogens is 558 g/mol. The molecule has 1 saturated carbocycles. The summed E-state index contributed by atoms with van der Waals surface area (Å²) < 4.78 is 0.